The molecule has 2 aliphatic rings. The summed E-state index contributed by atoms with van der Waals surface area (Å²) in [5.74, 6) is 2.95. The van der Waals surface area contributed by atoms with Gasteiger partial charge >= 0.3 is 0 Å². The Balaban J connectivity index is 1.88. The topological polar surface area (TPSA) is 125 Å². The summed E-state index contributed by atoms with van der Waals surface area (Å²) in [6, 6.07) is 0. The number of nitrogens with two attached hydrogens (primary N) is 1. The first-order valence-electron chi connectivity index (χ1n) is 6.28. The molecule has 1 aromatic heterocycles. The molecule has 4 atom stereocenters. The second-order valence-corrected chi connectivity index (χ2v) is 5.78. The highest BCUT2D eigenvalue weighted by Gasteiger charge is 2.43. The molecule has 0 aromatic carbocycles. The van der Waals surface area contributed by atoms with Gasteiger partial charge in [0.05, 0.1) is 12.0 Å². The van der Waals surface area contributed by atoms with E-state index in [0.717, 1.165) is 0 Å². The van der Waals surface area contributed by atoms with Gasteiger partial charge in [-0.3, -0.25) is 9.78 Å². The number of aromatic nitrogens is 2. The first-order valence-corrected chi connectivity index (χ1v) is 7.26. The number of fused-ring (bicyclic) bond motifs is 1. The van der Waals surface area contributed by atoms with Crippen molar-refractivity contribution < 1.29 is 14.9 Å². The monoisotopic (exact) mass is 310 g/mol. The maximum atomic E-state index is 11.8. The van der Waals surface area contributed by atoms with Crippen LogP contribution >= 0.6 is 11.8 Å². The number of nitrogens with one attached hydrogen (secondary N) is 1. The molecule has 9 heteroatoms. The van der Waals surface area contributed by atoms with Crippen molar-refractivity contribution in [2.45, 2.75) is 35.9 Å². The molecule has 0 bridgehead atoms. The number of nitrogen functional groups attached to an aromatic ring is 1. The normalized spacial score (nSPS) is 29.2. The minimum Gasteiger partial charge on any atom is -0.388 e. The minimum absolute atomic E-state index is 0.000976. The third-order valence-corrected chi connectivity index (χ3v) is 4.51. The molecule has 1 saturated heterocycles. The van der Waals surface area contributed by atoms with E-state index in [4.69, 9.17) is 16.9 Å². The van der Waals surface area contributed by atoms with Gasteiger partial charge in [-0.15, -0.1) is 6.42 Å². The zero-order valence-corrected chi connectivity index (χ0v) is 11.7. The summed E-state index contributed by atoms with van der Waals surface area (Å²) in [5, 5.41) is 19.8. The summed E-state index contributed by atoms with van der Waals surface area (Å²) in [7, 11) is 0. The van der Waals surface area contributed by atoms with Crippen LogP contribution in [0.1, 0.15) is 6.42 Å². The first kappa shape index (κ1) is 14.2. The smallest absolute Gasteiger partial charge is 0.268 e. The van der Waals surface area contributed by atoms with E-state index in [1.807, 2.05) is 0 Å². The Morgan fingerprint density at radius 1 is 1.67 bits per heavy atom. The molecule has 2 aliphatic heterocycles. The number of ether oxygens (including phenoxy) is 1. The second-order valence-electron chi connectivity index (χ2n) is 4.83. The van der Waals surface area contributed by atoms with Crippen LogP contribution < -0.4 is 16.2 Å². The highest BCUT2D eigenvalue weighted by Crippen LogP contribution is 2.39. The molecule has 3 heterocycles. The van der Waals surface area contributed by atoms with Crippen LogP contribution in [0.5, 0.6) is 0 Å². The summed E-state index contributed by atoms with van der Waals surface area (Å²) >= 11 is 1.29. The number of terminal acetylenes is 1. The van der Waals surface area contributed by atoms with Crippen LogP contribution in [0, 0.1) is 12.3 Å². The Kier molecular flexibility index (Phi) is 3.54. The fraction of sp³-hybridized carbons (Fsp3) is 0.500. The molecule has 0 aliphatic carbocycles. The maximum Gasteiger partial charge on any atom is 0.268 e. The van der Waals surface area contributed by atoms with Gasteiger partial charge in [-0.1, -0.05) is 17.7 Å². The van der Waals surface area contributed by atoms with E-state index in [2.05, 4.69) is 15.9 Å². The van der Waals surface area contributed by atoms with Crippen molar-refractivity contribution in [3.8, 4) is 12.3 Å². The largest absolute Gasteiger partial charge is 0.388 e. The summed E-state index contributed by atoms with van der Waals surface area (Å²) < 4.78 is 5.62. The molecule has 0 amide bonds. The molecular weight excluding hydrogens is 296 g/mol. The number of H-pyrrole nitrogens is 1. The summed E-state index contributed by atoms with van der Waals surface area (Å²) in [6.45, 7) is 0. The summed E-state index contributed by atoms with van der Waals surface area (Å²) in [6.07, 6.45) is 2.07. The van der Waals surface area contributed by atoms with Crippen molar-refractivity contribution in [2.75, 3.05) is 16.5 Å². The standard InChI is InChI=1S/C12H14N4O4S/c1-2-5(17)7-3-6(18)11(20-7)16-4-21-8-9(16)14-12(13)15-10(8)19/h1,5-7,11,17-18H,3-4H2,(H3,13,14,15,19)/t5?,6-,7+,11-/m1/s1. The van der Waals surface area contributed by atoms with Gasteiger partial charge in [-0.05, 0) is 0 Å². The number of hydrogen-bond donors (Lipinski definition) is 4. The molecule has 0 spiro atoms. The van der Waals surface area contributed by atoms with Gasteiger partial charge in [0, 0.05) is 6.42 Å². The molecule has 1 aromatic rings. The lowest BCUT2D eigenvalue weighted by atomic mass is 10.1. The summed E-state index contributed by atoms with van der Waals surface area (Å²) in [4.78, 5) is 20.4. The van der Waals surface area contributed by atoms with Gasteiger partial charge in [-0.25, -0.2) is 0 Å². The molecule has 1 fully saturated rings. The van der Waals surface area contributed by atoms with Gasteiger partial charge in [0.1, 0.15) is 17.1 Å². The Bertz CT molecular complexity index is 658. The lowest BCUT2D eigenvalue weighted by Crippen LogP contribution is -2.41. The molecule has 112 valence electrons. The van der Waals surface area contributed by atoms with E-state index in [9.17, 15) is 15.0 Å². The number of aliphatic hydroxyl groups excluding tert-OH is 2. The van der Waals surface area contributed by atoms with E-state index < -0.39 is 24.5 Å². The summed E-state index contributed by atoms with van der Waals surface area (Å²) in [5.41, 5.74) is 5.23. The maximum absolute atomic E-state index is 11.8. The first-order chi connectivity index (χ1) is 10.0. The number of hydrogen-bond acceptors (Lipinski definition) is 8. The quantitative estimate of drug-likeness (QED) is 0.496. The highest BCUT2D eigenvalue weighted by atomic mass is 32.2. The zero-order chi connectivity index (χ0) is 15.1. The van der Waals surface area contributed by atoms with Crippen LogP contribution in [0.2, 0.25) is 0 Å². The van der Waals surface area contributed by atoms with E-state index in [1.54, 1.807) is 4.90 Å². The molecule has 5 N–H and O–H groups in total. The minimum atomic E-state index is -1.09. The lowest BCUT2D eigenvalue weighted by molar-refractivity contribution is -0.0259. The number of anilines is 2. The van der Waals surface area contributed by atoms with Crippen molar-refractivity contribution in [2.24, 2.45) is 0 Å². The third kappa shape index (κ3) is 2.36. The lowest BCUT2D eigenvalue weighted by Gasteiger charge is -2.27. The fourth-order valence-electron chi connectivity index (χ4n) is 2.45. The molecule has 1 unspecified atom stereocenters. The number of aliphatic hydroxyl groups is 2. The van der Waals surface area contributed by atoms with E-state index >= 15 is 0 Å². The van der Waals surface area contributed by atoms with Crippen LogP contribution in [0.4, 0.5) is 11.8 Å². The molecule has 0 radical (unpaired) electrons. The van der Waals surface area contributed by atoms with Crippen LogP contribution in [0.3, 0.4) is 0 Å². The molecular formula is C12H14N4O4S. The molecule has 0 saturated carbocycles. The van der Waals surface area contributed by atoms with E-state index in [-0.39, 0.29) is 17.9 Å². The SMILES string of the molecule is C#CC(O)[C@@H]1C[C@@H](O)[C@H](N2CSc3c2nc(N)[nH]c3=O)O1. The third-order valence-electron chi connectivity index (χ3n) is 3.44. The average Bonchev–Trinajstić information content (AvgIpc) is 3.01. The molecule has 3 rings (SSSR count). The van der Waals surface area contributed by atoms with Gasteiger partial charge in [0.25, 0.3) is 5.56 Å². The predicted molar refractivity (Wildman–Crippen MR) is 76.6 cm³/mol. The highest BCUT2D eigenvalue weighted by molar-refractivity contribution is 7.99. The molecule has 21 heavy (non-hydrogen) atoms. The zero-order valence-electron chi connectivity index (χ0n) is 10.9. The van der Waals surface area contributed by atoms with Crippen LogP contribution in [0.25, 0.3) is 0 Å². The van der Waals surface area contributed by atoms with Crippen molar-refractivity contribution in [3.63, 3.8) is 0 Å². The number of aromatic amines is 1. The number of thioether (sulfide) groups is 1. The predicted octanol–water partition coefficient (Wildman–Crippen LogP) is -1.31. The van der Waals surface area contributed by atoms with E-state index in [0.29, 0.717) is 16.6 Å². The second kappa shape index (κ2) is 5.23. The van der Waals surface area contributed by atoms with Crippen LogP contribution in [0.15, 0.2) is 9.69 Å². The molecule has 8 nitrogen and oxygen atoms in total. The van der Waals surface area contributed by atoms with E-state index in [1.165, 1.54) is 11.8 Å². The van der Waals surface area contributed by atoms with Gasteiger partial charge in [0.2, 0.25) is 5.95 Å². The van der Waals surface area contributed by atoms with Gasteiger partial charge in [0.15, 0.2) is 12.0 Å². The van der Waals surface area contributed by atoms with Gasteiger partial charge < -0.3 is 25.6 Å². The van der Waals surface area contributed by atoms with Gasteiger partial charge in [-0.2, -0.15) is 4.98 Å². The average molecular weight is 310 g/mol. The van der Waals surface area contributed by atoms with Crippen LogP contribution in [-0.2, 0) is 4.74 Å². The number of nitrogens with zero attached hydrogens (tertiary/aromatic N) is 2. The van der Waals surface area contributed by atoms with Crippen molar-refractivity contribution in [3.05, 3.63) is 10.4 Å². The Labute approximate surface area is 124 Å². The Hall–Kier alpha value is -1.73. The Morgan fingerprint density at radius 2 is 2.43 bits per heavy atom. The number of rotatable bonds is 2. The van der Waals surface area contributed by atoms with Crippen molar-refractivity contribution in [1.29, 1.82) is 0 Å². The van der Waals surface area contributed by atoms with Crippen LogP contribution in [-0.4, -0.2) is 50.6 Å². The fourth-order valence-corrected chi connectivity index (χ4v) is 3.46. The van der Waals surface area contributed by atoms with Crippen molar-refractivity contribution in [1.82, 2.24) is 9.97 Å². The van der Waals surface area contributed by atoms with Crippen molar-refractivity contribution >= 4 is 23.5 Å². The Morgan fingerprint density at radius 3 is 3.14 bits per heavy atom.